The van der Waals surface area contributed by atoms with Crippen molar-refractivity contribution in [3.05, 3.63) is 95.8 Å². The number of halogens is 3. The molecule has 0 aliphatic heterocycles. The van der Waals surface area contributed by atoms with Crippen LogP contribution in [0.2, 0.25) is 0 Å². The smallest absolute Gasteiger partial charge is 0.314 e. The second-order valence-corrected chi connectivity index (χ2v) is 9.19. The first-order valence-corrected chi connectivity index (χ1v) is 12.2. The molecule has 0 saturated heterocycles. The zero-order chi connectivity index (χ0) is 25.7. The summed E-state index contributed by atoms with van der Waals surface area (Å²) in [6, 6.07) is 14.7. The molecule has 3 aromatic carbocycles. The summed E-state index contributed by atoms with van der Waals surface area (Å²) >= 11 is 0. The number of benzene rings is 3. The fourth-order valence-electron chi connectivity index (χ4n) is 4.56. The van der Waals surface area contributed by atoms with Crippen molar-refractivity contribution in [2.24, 2.45) is 5.92 Å². The predicted octanol–water partition coefficient (Wildman–Crippen LogP) is 7.91. The summed E-state index contributed by atoms with van der Waals surface area (Å²) < 4.78 is 54.5. The molecule has 0 N–H and O–H groups in total. The van der Waals surface area contributed by atoms with Gasteiger partial charge in [0.25, 0.3) is 0 Å². The Bertz CT molecular complexity index is 1230. The van der Waals surface area contributed by atoms with E-state index in [1.807, 2.05) is 25.1 Å². The third-order valence-electron chi connectivity index (χ3n) is 6.69. The molecule has 6 heteroatoms. The quantitative estimate of drug-likeness (QED) is 0.138. The van der Waals surface area contributed by atoms with Crippen LogP contribution >= 0.6 is 0 Å². The number of esters is 1. The van der Waals surface area contributed by atoms with Crippen LogP contribution in [0.3, 0.4) is 0 Å². The van der Waals surface area contributed by atoms with Gasteiger partial charge in [-0.3, -0.25) is 4.79 Å². The number of rotatable bonds is 8. The Morgan fingerprint density at radius 1 is 0.944 bits per heavy atom. The average Bonchev–Trinajstić information content (AvgIpc) is 2.89. The number of ether oxygens (including phenoxy) is 2. The second kappa shape index (κ2) is 11.5. The van der Waals surface area contributed by atoms with E-state index in [0.717, 1.165) is 11.1 Å². The van der Waals surface area contributed by atoms with Crippen LogP contribution in [0, 0.1) is 30.3 Å². The minimum atomic E-state index is -1.18. The van der Waals surface area contributed by atoms with Gasteiger partial charge >= 0.3 is 5.97 Å². The average molecular weight is 495 g/mol. The van der Waals surface area contributed by atoms with Crippen molar-refractivity contribution < 1.29 is 27.4 Å². The summed E-state index contributed by atoms with van der Waals surface area (Å²) in [7, 11) is 0. The van der Waals surface area contributed by atoms with Gasteiger partial charge in [0.1, 0.15) is 0 Å². The number of carbonyl (C=O) groups excluding carboxylic acids is 1. The molecule has 0 amide bonds. The summed E-state index contributed by atoms with van der Waals surface area (Å²) in [6.45, 7) is 5.89. The fourth-order valence-corrected chi connectivity index (χ4v) is 4.56. The number of aryl methyl sites for hydroxylation is 1. The summed E-state index contributed by atoms with van der Waals surface area (Å²) in [6.07, 6.45) is 4.72. The molecule has 0 radical (unpaired) electrons. The first-order valence-electron chi connectivity index (χ1n) is 12.2. The van der Waals surface area contributed by atoms with Crippen LogP contribution in [0.15, 0.2) is 67.3 Å². The molecule has 36 heavy (non-hydrogen) atoms. The van der Waals surface area contributed by atoms with Crippen molar-refractivity contribution in [2.45, 2.75) is 44.9 Å². The summed E-state index contributed by atoms with van der Waals surface area (Å²) in [4.78, 5) is 12.7. The molecular formula is C30H29F3O3. The van der Waals surface area contributed by atoms with Crippen LogP contribution in [-0.4, -0.2) is 12.6 Å². The molecule has 188 valence electrons. The van der Waals surface area contributed by atoms with Gasteiger partial charge in [0.05, 0.1) is 12.5 Å². The molecule has 1 fully saturated rings. The molecule has 0 heterocycles. The third kappa shape index (κ3) is 5.81. The van der Waals surface area contributed by atoms with Crippen LogP contribution in [0.25, 0.3) is 11.1 Å². The van der Waals surface area contributed by atoms with E-state index in [1.165, 1.54) is 18.2 Å². The van der Waals surface area contributed by atoms with Gasteiger partial charge in [-0.2, -0.15) is 4.39 Å². The van der Waals surface area contributed by atoms with Crippen LogP contribution in [0.4, 0.5) is 13.2 Å². The predicted molar refractivity (Wildman–Crippen MR) is 134 cm³/mol. The van der Waals surface area contributed by atoms with Crippen molar-refractivity contribution >= 4 is 5.97 Å². The molecule has 1 aliphatic carbocycles. The van der Waals surface area contributed by atoms with E-state index < -0.39 is 35.1 Å². The summed E-state index contributed by atoms with van der Waals surface area (Å²) in [5, 5.41) is 0. The third-order valence-corrected chi connectivity index (χ3v) is 6.69. The Kier molecular flexibility index (Phi) is 8.14. The molecular weight excluding hydrogens is 465 g/mol. The van der Waals surface area contributed by atoms with Gasteiger partial charge in [0.2, 0.25) is 5.82 Å². The van der Waals surface area contributed by atoms with Gasteiger partial charge in [0, 0.05) is 5.56 Å². The van der Waals surface area contributed by atoms with Gasteiger partial charge in [-0.1, -0.05) is 42.0 Å². The molecule has 1 aliphatic rings. The van der Waals surface area contributed by atoms with Gasteiger partial charge in [0.15, 0.2) is 23.1 Å². The first-order chi connectivity index (χ1) is 17.4. The summed E-state index contributed by atoms with van der Waals surface area (Å²) in [5.41, 5.74) is 2.52. The maximum Gasteiger partial charge on any atom is 0.314 e. The monoisotopic (exact) mass is 494 g/mol. The summed E-state index contributed by atoms with van der Waals surface area (Å²) in [5.74, 6) is -3.74. The van der Waals surface area contributed by atoms with Crippen LogP contribution in [0.5, 0.6) is 11.5 Å². The van der Waals surface area contributed by atoms with Crippen molar-refractivity contribution in [3.8, 4) is 22.6 Å². The highest BCUT2D eigenvalue weighted by molar-refractivity contribution is 5.76. The lowest BCUT2D eigenvalue weighted by Crippen LogP contribution is -2.25. The van der Waals surface area contributed by atoms with Crippen molar-refractivity contribution in [2.75, 3.05) is 6.61 Å². The molecule has 3 nitrogen and oxygen atoms in total. The molecule has 0 bridgehead atoms. The highest BCUT2D eigenvalue weighted by atomic mass is 19.2. The Labute approximate surface area is 209 Å². The SMILES string of the molecule is C=CCCOc1ccc(C2CCC(C(=O)Oc3ccc(-c4ccc(C)cc4)c(F)c3F)CC2)cc1F. The number of hydrogen-bond acceptors (Lipinski definition) is 3. The lowest BCUT2D eigenvalue weighted by atomic mass is 9.78. The molecule has 0 aromatic heterocycles. The maximum atomic E-state index is 14.7. The van der Waals surface area contributed by atoms with Gasteiger partial charge < -0.3 is 9.47 Å². The van der Waals surface area contributed by atoms with E-state index >= 15 is 0 Å². The standard InChI is InChI=1S/C30H29F3O3/c1-3-4-17-35-26-15-13-23(18-25(26)31)20-9-11-22(12-10-20)30(34)36-27-16-14-24(28(32)29(27)33)21-7-5-19(2)6-8-21/h3,5-8,13-16,18,20,22H,1,4,9-12,17H2,2H3. The lowest BCUT2D eigenvalue weighted by Gasteiger charge is -2.27. The Balaban J connectivity index is 1.36. The molecule has 4 rings (SSSR count). The Morgan fingerprint density at radius 2 is 1.64 bits per heavy atom. The second-order valence-electron chi connectivity index (χ2n) is 9.19. The van der Waals surface area contributed by atoms with E-state index in [0.29, 0.717) is 44.3 Å². The highest BCUT2D eigenvalue weighted by Gasteiger charge is 2.30. The minimum absolute atomic E-state index is 0.105. The topological polar surface area (TPSA) is 35.5 Å². The zero-order valence-corrected chi connectivity index (χ0v) is 20.2. The molecule has 0 unspecified atom stereocenters. The van der Waals surface area contributed by atoms with Crippen LogP contribution in [-0.2, 0) is 4.79 Å². The van der Waals surface area contributed by atoms with E-state index in [-0.39, 0.29) is 17.2 Å². The first kappa shape index (κ1) is 25.5. The van der Waals surface area contributed by atoms with Crippen molar-refractivity contribution in [1.29, 1.82) is 0 Å². The highest BCUT2D eigenvalue weighted by Crippen LogP contribution is 2.38. The zero-order valence-electron chi connectivity index (χ0n) is 20.2. The molecule has 1 saturated carbocycles. The van der Waals surface area contributed by atoms with E-state index in [4.69, 9.17) is 9.47 Å². The van der Waals surface area contributed by atoms with E-state index in [1.54, 1.807) is 24.3 Å². The number of carbonyl (C=O) groups is 1. The van der Waals surface area contributed by atoms with Crippen molar-refractivity contribution in [3.63, 3.8) is 0 Å². The molecule has 3 aromatic rings. The number of hydrogen-bond donors (Lipinski definition) is 0. The van der Waals surface area contributed by atoms with E-state index in [9.17, 15) is 18.0 Å². The molecule has 0 atom stereocenters. The van der Waals surface area contributed by atoms with Gasteiger partial charge in [-0.05, 0) is 80.3 Å². The van der Waals surface area contributed by atoms with Gasteiger partial charge in [-0.25, -0.2) is 8.78 Å². The Morgan fingerprint density at radius 3 is 2.31 bits per heavy atom. The fraction of sp³-hybridized carbons (Fsp3) is 0.300. The molecule has 0 spiro atoms. The van der Waals surface area contributed by atoms with E-state index in [2.05, 4.69) is 6.58 Å². The maximum absolute atomic E-state index is 14.7. The van der Waals surface area contributed by atoms with Crippen molar-refractivity contribution in [1.82, 2.24) is 0 Å². The van der Waals surface area contributed by atoms with Crippen LogP contribution < -0.4 is 9.47 Å². The largest absolute Gasteiger partial charge is 0.490 e. The van der Waals surface area contributed by atoms with Gasteiger partial charge in [-0.15, -0.1) is 6.58 Å². The van der Waals surface area contributed by atoms with Crippen LogP contribution in [0.1, 0.15) is 49.1 Å². The lowest BCUT2D eigenvalue weighted by molar-refractivity contribution is -0.140. The minimum Gasteiger partial charge on any atom is -0.490 e. The Hall–Kier alpha value is -3.54. The normalized spacial score (nSPS) is 17.4.